The first-order valence-electron chi connectivity index (χ1n) is 6.12. The Kier molecular flexibility index (Phi) is 2.89. The molecule has 0 bridgehead atoms. The van der Waals surface area contributed by atoms with E-state index in [1.807, 2.05) is 0 Å². The number of anilines is 1. The number of fused-ring (bicyclic) bond motifs is 1. The van der Waals surface area contributed by atoms with Crippen molar-refractivity contribution >= 4 is 15.7 Å². The summed E-state index contributed by atoms with van der Waals surface area (Å²) in [5.41, 5.74) is 0.441. The van der Waals surface area contributed by atoms with Gasteiger partial charge in [-0.05, 0) is 25.1 Å². The molecule has 0 amide bonds. The average Bonchev–Trinajstić information content (AvgIpc) is 2.85. The fourth-order valence-electron chi connectivity index (χ4n) is 2.09. The number of aryl methyl sites for hydroxylation is 1. The number of nitrogens with zero attached hydrogens (tertiary/aromatic N) is 4. The van der Waals surface area contributed by atoms with Crippen LogP contribution in [0.3, 0.4) is 0 Å². The fraction of sp³-hybridized carbons (Fsp3) is 0.333. The number of rotatable bonds is 2. The minimum atomic E-state index is -3.71. The molecule has 7 nitrogen and oxygen atoms in total. The molecule has 2 aromatic rings. The molecule has 1 aliphatic heterocycles. The maximum atomic E-state index is 12.7. The van der Waals surface area contributed by atoms with Crippen LogP contribution in [-0.4, -0.2) is 35.8 Å². The van der Waals surface area contributed by atoms with Crippen molar-refractivity contribution in [2.75, 3.05) is 10.8 Å². The van der Waals surface area contributed by atoms with Crippen LogP contribution in [0.25, 0.3) is 0 Å². The molecule has 0 aromatic carbocycles. The van der Waals surface area contributed by atoms with Crippen molar-refractivity contribution in [3.05, 3.63) is 30.6 Å². The maximum absolute atomic E-state index is 12.7. The minimum absolute atomic E-state index is 0.0175. The first-order chi connectivity index (χ1) is 9.48. The third-order valence-electron chi connectivity index (χ3n) is 3.00. The number of aromatic nitrogens is 3. The normalized spacial score (nSPS) is 18.5. The highest BCUT2D eigenvalue weighted by Gasteiger charge is 2.34. The van der Waals surface area contributed by atoms with Crippen LogP contribution in [0.2, 0.25) is 0 Å². The number of pyridine rings is 1. The Morgan fingerprint density at radius 1 is 1.40 bits per heavy atom. The van der Waals surface area contributed by atoms with Gasteiger partial charge >= 0.3 is 0 Å². The van der Waals surface area contributed by atoms with E-state index in [1.165, 1.54) is 15.1 Å². The lowest BCUT2D eigenvalue weighted by atomic mass is 10.3. The summed E-state index contributed by atoms with van der Waals surface area (Å²) in [6.45, 7) is 2.04. The highest BCUT2D eigenvalue weighted by Crippen LogP contribution is 2.34. The Bertz CT molecular complexity index is 741. The van der Waals surface area contributed by atoms with E-state index in [2.05, 4.69) is 10.1 Å². The molecular weight excluding hydrogens is 280 g/mol. The van der Waals surface area contributed by atoms with Crippen LogP contribution in [0.4, 0.5) is 5.69 Å². The molecule has 0 N–H and O–H groups in total. The summed E-state index contributed by atoms with van der Waals surface area (Å²) < 4.78 is 33.7. The van der Waals surface area contributed by atoms with E-state index >= 15 is 0 Å². The molecule has 0 saturated heterocycles. The summed E-state index contributed by atoms with van der Waals surface area (Å²) in [5, 5.41) is 4.00. The Morgan fingerprint density at radius 3 is 2.90 bits per heavy atom. The van der Waals surface area contributed by atoms with Crippen LogP contribution in [0.15, 0.2) is 35.6 Å². The lowest BCUT2D eigenvalue weighted by Crippen LogP contribution is -2.42. The molecular formula is C12H14N4O3S. The van der Waals surface area contributed by atoms with Gasteiger partial charge in [0.2, 0.25) is 5.88 Å². The average molecular weight is 294 g/mol. The van der Waals surface area contributed by atoms with Crippen LogP contribution in [-0.2, 0) is 17.1 Å². The second kappa shape index (κ2) is 4.48. The number of hydrogen-bond donors (Lipinski definition) is 0. The molecule has 2 aromatic heterocycles. The summed E-state index contributed by atoms with van der Waals surface area (Å²) in [7, 11) is -2.03. The maximum Gasteiger partial charge on any atom is 0.283 e. The molecule has 0 saturated carbocycles. The lowest BCUT2D eigenvalue weighted by molar-refractivity contribution is 0.210. The number of ether oxygens (including phenoxy) is 1. The Labute approximate surface area is 116 Å². The highest BCUT2D eigenvalue weighted by molar-refractivity contribution is 7.92. The Morgan fingerprint density at radius 2 is 2.20 bits per heavy atom. The molecule has 1 atom stereocenters. The minimum Gasteiger partial charge on any atom is -0.471 e. The van der Waals surface area contributed by atoms with Crippen molar-refractivity contribution in [1.82, 2.24) is 14.8 Å². The third-order valence-corrected chi connectivity index (χ3v) is 4.67. The lowest BCUT2D eigenvalue weighted by Gasteiger charge is -2.32. The Balaban J connectivity index is 2.10. The standard InChI is InChI=1S/C12H14N4O3S/c1-9-8-16(10-4-3-6-13-12(10)19-9)20(17,18)11-5-7-15(2)14-11/h3-7,9H,8H2,1-2H3. The van der Waals surface area contributed by atoms with Gasteiger partial charge in [-0.25, -0.2) is 4.98 Å². The Hall–Kier alpha value is -2.09. The van der Waals surface area contributed by atoms with Crippen LogP contribution in [0, 0.1) is 0 Å². The van der Waals surface area contributed by atoms with Gasteiger partial charge in [0.05, 0.1) is 6.54 Å². The van der Waals surface area contributed by atoms with Gasteiger partial charge in [-0.2, -0.15) is 13.5 Å². The van der Waals surface area contributed by atoms with Gasteiger partial charge in [0.15, 0.2) is 5.03 Å². The van der Waals surface area contributed by atoms with E-state index in [-0.39, 0.29) is 17.7 Å². The molecule has 0 fully saturated rings. The molecule has 8 heteroatoms. The summed E-state index contributed by atoms with van der Waals surface area (Å²) in [6.07, 6.45) is 2.90. The smallest absolute Gasteiger partial charge is 0.283 e. The van der Waals surface area contributed by atoms with Gasteiger partial charge < -0.3 is 4.74 Å². The van der Waals surface area contributed by atoms with Crippen LogP contribution in [0.5, 0.6) is 5.88 Å². The van der Waals surface area contributed by atoms with Gasteiger partial charge in [-0.3, -0.25) is 8.99 Å². The molecule has 20 heavy (non-hydrogen) atoms. The topological polar surface area (TPSA) is 77.3 Å². The van der Waals surface area contributed by atoms with Gasteiger partial charge in [-0.15, -0.1) is 0 Å². The van der Waals surface area contributed by atoms with Gasteiger partial charge in [-0.1, -0.05) is 0 Å². The van der Waals surface area contributed by atoms with Crippen LogP contribution in [0.1, 0.15) is 6.92 Å². The zero-order valence-corrected chi connectivity index (χ0v) is 11.9. The highest BCUT2D eigenvalue weighted by atomic mass is 32.2. The molecule has 3 rings (SSSR count). The second-order valence-corrected chi connectivity index (χ2v) is 6.43. The summed E-state index contributed by atoms with van der Waals surface area (Å²) in [4.78, 5) is 4.08. The zero-order chi connectivity index (χ0) is 14.3. The van der Waals surface area contributed by atoms with Gasteiger partial charge in [0, 0.05) is 19.4 Å². The molecule has 1 aliphatic rings. The largest absolute Gasteiger partial charge is 0.471 e. The SMILES string of the molecule is CC1CN(S(=O)(=O)c2ccn(C)n2)c2cccnc2O1. The molecule has 0 aliphatic carbocycles. The molecule has 3 heterocycles. The monoisotopic (exact) mass is 294 g/mol. The van der Waals surface area contributed by atoms with Crippen molar-refractivity contribution in [2.24, 2.45) is 7.05 Å². The van der Waals surface area contributed by atoms with E-state index in [4.69, 9.17) is 4.74 Å². The number of sulfonamides is 1. The second-order valence-electron chi connectivity index (χ2n) is 4.62. The van der Waals surface area contributed by atoms with Crippen molar-refractivity contribution in [2.45, 2.75) is 18.1 Å². The first kappa shape index (κ1) is 12.9. The van der Waals surface area contributed by atoms with Crippen molar-refractivity contribution in [3.8, 4) is 5.88 Å². The van der Waals surface area contributed by atoms with E-state index in [9.17, 15) is 8.42 Å². The third kappa shape index (κ3) is 2.01. The van der Waals surface area contributed by atoms with Gasteiger partial charge in [0.1, 0.15) is 11.8 Å². The van der Waals surface area contributed by atoms with E-state index < -0.39 is 10.0 Å². The molecule has 0 radical (unpaired) electrons. The van der Waals surface area contributed by atoms with E-state index in [0.29, 0.717) is 11.6 Å². The number of hydrogen-bond acceptors (Lipinski definition) is 5. The quantitative estimate of drug-likeness (QED) is 0.818. The zero-order valence-electron chi connectivity index (χ0n) is 11.1. The van der Waals surface area contributed by atoms with Crippen molar-refractivity contribution < 1.29 is 13.2 Å². The summed E-state index contributed by atoms with van der Waals surface area (Å²) >= 11 is 0. The molecule has 1 unspecified atom stereocenters. The predicted octanol–water partition coefficient (Wildman–Crippen LogP) is 0.791. The van der Waals surface area contributed by atoms with Crippen LogP contribution >= 0.6 is 0 Å². The fourth-order valence-corrected chi connectivity index (χ4v) is 3.59. The van der Waals surface area contributed by atoms with E-state index in [1.54, 1.807) is 38.5 Å². The van der Waals surface area contributed by atoms with E-state index in [0.717, 1.165) is 0 Å². The predicted molar refractivity (Wildman–Crippen MR) is 72.1 cm³/mol. The first-order valence-corrected chi connectivity index (χ1v) is 7.56. The van der Waals surface area contributed by atoms with Crippen molar-refractivity contribution in [1.29, 1.82) is 0 Å². The molecule has 106 valence electrons. The molecule has 0 spiro atoms. The van der Waals surface area contributed by atoms with Crippen molar-refractivity contribution in [3.63, 3.8) is 0 Å². The van der Waals surface area contributed by atoms with Crippen LogP contribution < -0.4 is 9.04 Å². The summed E-state index contributed by atoms with van der Waals surface area (Å²) in [6, 6.07) is 4.83. The summed E-state index contributed by atoms with van der Waals surface area (Å²) in [5.74, 6) is 0.325. The van der Waals surface area contributed by atoms with Gasteiger partial charge in [0.25, 0.3) is 10.0 Å².